The second kappa shape index (κ2) is 5.75. The normalized spacial score (nSPS) is 11.8. The van der Waals surface area contributed by atoms with Crippen LogP contribution in [-0.4, -0.2) is 0 Å². The van der Waals surface area contributed by atoms with Gasteiger partial charge in [0.05, 0.1) is 0 Å². The van der Waals surface area contributed by atoms with Crippen molar-refractivity contribution in [1.29, 1.82) is 0 Å². The van der Waals surface area contributed by atoms with Gasteiger partial charge < -0.3 is 0 Å². The molecule has 0 fully saturated rings. The first-order valence-corrected chi connectivity index (χ1v) is 7.03. The van der Waals surface area contributed by atoms with Crippen molar-refractivity contribution in [2.24, 2.45) is 0 Å². The molecule has 3 aromatic carbocycles. The van der Waals surface area contributed by atoms with Crippen LogP contribution in [0.3, 0.4) is 0 Å². The van der Waals surface area contributed by atoms with Gasteiger partial charge in [-0.15, -0.1) is 0 Å². The third-order valence-corrected chi connectivity index (χ3v) is 3.70. The van der Waals surface area contributed by atoms with Gasteiger partial charge in [0, 0.05) is 0 Å². The summed E-state index contributed by atoms with van der Waals surface area (Å²) in [5.74, 6) is 0. The molecular weight excluding hydrogens is 240 g/mol. The monoisotopic (exact) mass is 258 g/mol. The van der Waals surface area contributed by atoms with E-state index in [1.165, 1.54) is 27.5 Å². The summed E-state index contributed by atoms with van der Waals surface area (Å²) in [6.45, 7) is 2.14. The molecule has 0 heteroatoms. The van der Waals surface area contributed by atoms with E-state index < -0.39 is 0 Å². The van der Waals surface area contributed by atoms with E-state index in [0.29, 0.717) is 0 Å². The molecule has 0 amide bonds. The van der Waals surface area contributed by atoms with Crippen LogP contribution < -0.4 is 0 Å². The van der Waals surface area contributed by atoms with E-state index in [2.05, 4.69) is 85.8 Å². The van der Waals surface area contributed by atoms with Crippen molar-refractivity contribution in [3.8, 4) is 0 Å². The Morgan fingerprint density at radius 3 is 2.35 bits per heavy atom. The molecule has 0 saturated heterocycles. The summed E-state index contributed by atoms with van der Waals surface area (Å²) >= 11 is 0. The lowest BCUT2D eigenvalue weighted by Gasteiger charge is -1.98. The Hall–Kier alpha value is -2.34. The molecule has 0 heterocycles. The minimum absolute atomic E-state index is 1.12. The maximum absolute atomic E-state index is 2.20. The fraction of sp³-hybridized carbons (Fsp3) is 0.100. The maximum atomic E-state index is 2.20. The Balaban J connectivity index is 0.000000123. The first-order chi connectivity index (χ1) is 9.84. The van der Waals surface area contributed by atoms with Gasteiger partial charge >= 0.3 is 0 Å². The summed E-state index contributed by atoms with van der Waals surface area (Å²) in [5, 5.41) is 2.68. The molecule has 0 spiro atoms. The highest BCUT2D eigenvalue weighted by Crippen LogP contribution is 2.17. The number of rotatable bonds is 0. The van der Waals surface area contributed by atoms with Crippen LogP contribution in [0.25, 0.3) is 16.8 Å². The van der Waals surface area contributed by atoms with Crippen molar-refractivity contribution in [3.63, 3.8) is 0 Å². The molecule has 4 rings (SSSR count). The number of allylic oxidation sites excluding steroid dienone is 1. The summed E-state index contributed by atoms with van der Waals surface area (Å²) in [5.41, 5.74) is 4.19. The second-order valence-corrected chi connectivity index (χ2v) is 5.10. The summed E-state index contributed by atoms with van der Waals surface area (Å²) in [4.78, 5) is 0. The summed E-state index contributed by atoms with van der Waals surface area (Å²) in [6, 6.07) is 23.3. The van der Waals surface area contributed by atoms with Gasteiger partial charge in [0.2, 0.25) is 0 Å². The van der Waals surface area contributed by atoms with Crippen molar-refractivity contribution in [3.05, 3.63) is 89.5 Å². The van der Waals surface area contributed by atoms with Crippen LogP contribution in [-0.2, 0) is 6.42 Å². The van der Waals surface area contributed by atoms with Crippen molar-refractivity contribution in [2.45, 2.75) is 13.3 Å². The number of benzene rings is 3. The molecule has 0 atom stereocenters. The Morgan fingerprint density at radius 2 is 1.50 bits per heavy atom. The Morgan fingerprint density at radius 1 is 0.750 bits per heavy atom. The van der Waals surface area contributed by atoms with Crippen LogP contribution in [0.4, 0.5) is 0 Å². The Bertz CT molecular complexity index is 745. The highest BCUT2D eigenvalue weighted by Gasteiger charge is 2.00. The highest BCUT2D eigenvalue weighted by molar-refractivity contribution is 5.85. The van der Waals surface area contributed by atoms with Crippen LogP contribution in [0, 0.1) is 6.92 Å². The van der Waals surface area contributed by atoms with Crippen LogP contribution in [0.5, 0.6) is 0 Å². The molecular formula is C20H18. The van der Waals surface area contributed by atoms with E-state index >= 15 is 0 Å². The fourth-order valence-corrected chi connectivity index (χ4v) is 2.58. The standard InChI is InChI=1S/C11H10.C9H8/c1-9-5-4-7-10-6-2-3-8-11(9)10;1-2-5-9-7-3-6-8(9)4-1/h2-8H,1H3;1-6H,7H2. The first-order valence-electron chi connectivity index (χ1n) is 7.03. The van der Waals surface area contributed by atoms with Gasteiger partial charge in [-0.3, -0.25) is 0 Å². The smallest absolute Gasteiger partial charge is 0.00882 e. The van der Waals surface area contributed by atoms with Gasteiger partial charge in [0.15, 0.2) is 0 Å². The molecule has 0 unspecified atom stereocenters. The largest absolute Gasteiger partial charge is 0.0795 e. The molecule has 1 aliphatic carbocycles. The SMILES string of the molecule is C1=Cc2ccccc2C1.Cc1cccc2ccccc12. The molecule has 1 aliphatic rings. The second-order valence-electron chi connectivity index (χ2n) is 5.10. The van der Waals surface area contributed by atoms with Crippen molar-refractivity contribution < 1.29 is 0 Å². The quantitative estimate of drug-likeness (QED) is 0.506. The number of fused-ring (bicyclic) bond motifs is 2. The highest BCUT2D eigenvalue weighted by atomic mass is 14.0. The molecule has 0 bridgehead atoms. The molecule has 98 valence electrons. The predicted octanol–water partition coefficient (Wildman–Crippen LogP) is 5.40. The van der Waals surface area contributed by atoms with Crippen molar-refractivity contribution in [2.75, 3.05) is 0 Å². The Kier molecular flexibility index (Phi) is 3.64. The van der Waals surface area contributed by atoms with E-state index in [4.69, 9.17) is 0 Å². The molecule has 0 N–H and O–H groups in total. The number of hydrogen-bond acceptors (Lipinski definition) is 0. The molecule has 0 saturated carbocycles. The summed E-state index contributed by atoms with van der Waals surface area (Å²) in [6.07, 6.45) is 5.50. The van der Waals surface area contributed by atoms with Crippen LogP contribution in [0.1, 0.15) is 16.7 Å². The van der Waals surface area contributed by atoms with E-state index in [9.17, 15) is 0 Å². The number of aryl methyl sites for hydroxylation is 1. The van der Waals surface area contributed by atoms with Crippen molar-refractivity contribution in [1.82, 2.24) is 0 Å². The average Bonchev–Trinajstić information content (AvgIpc) is 2.97. The zero-order valence-electron chi connectivity index (χ0n) is 11.7. The molecule has 0 radical (unpaired) electrons. The lowest BCUT2D eigenvalue weighted by Crippen LogP contribution is -1.76. The maximum Gasteiger partial charge on any atom is -0.00882 e. The predicted molar refractivity (Wildman–Crippen MR) is 87.9 cm³/mol. The van der Waals surface area contributed by atoms with Gasteiger partial charge in [-0.05, 0) is 40.8 Å². The lowest BCUT2D eigenvalue weighted by atomic mass is 10.1. The van der Waals surface area contributed by atoms with Gasteiger partial charge in [-0.1, -0.05) is 78.9 Å². The van der Waals surface area contributed by atoms with Gasteiger partial charge in [-0.25, -0.2) is 0 Å². The van der Waals surface area contributed by atoms with Gasteiger partial charge in [-0.2, -0.15) is 0 Å². The molecule has 0 aromatic heterocycles. The van der Waals surface area contributed by atoms with Crippen LogP contribution in [0.2, 0.25) is 0 Å². The van der Waals surface area contributed by atoms with Crippen LogP contribution >= 0.6 is 0 Å². The molecule has 20 heavy (non-hydrogen) atoms. The van der Waals surface area contributed by atoms with Crippen LogP contribution in [0.15, 0.2) is 72.8 Å². The topological polar surface area (TPSA) is 0 Å². The zero-order chi connectivity index (χ0) is 13.8. The van der Waals surface area contributed by atoms with E-state index in [0.717, 1.165) is 6.42 Å². The first kappa shape index (κ1) is 12.7. The third kappa shape index (κ3) is 2.65. The lowest BCUT2D eigenvalue weighted by molar-refractivity contribution is 1.31. The minimum Gasteiger partial charge on any atom is -0.0795 e. The zero-order valence-corrected chi connectivity index (χ0v) is 11.7. The third-order valence-electron chi connectivity index (χ3n) is 3.70. The van der Waals surface area contributed by atoms with Gasteiger partial charge in [0.25, 0.3) is 0 Å². The fourth-order valence-electron chi connectivity index (χ4n) is 2.58. The molecule has 0 aliphatic heterocycles. The minimum atomic E-state index is 1.12. The van der Waals surface area contributed by atoms with Gasteiger partial charge in [0.1, 0.15) is 0 Å². The Labute approximate surface area is 120 Å². The van der Waals surface area contributed by atoms with E-state index in [1.807, 2.05) is 0 Å². The summed E-state index contributed by atoms with van der Waals surface area (Å²) < 4.78 is 0. The molecule has 3 aromatic rings. The van der Waals surface area contributed by atoms with Crippen molar-refractivity contribution >= 4 is 16.8 Å². The van der Waals surface area contributed by atoms with E-state index in [1.54, 1.807) is 0 Å². The molecule has 0 nitrogen and oxygen atoms in total. The number of hydrogen-bond donors (Lipinski definition) is 0. The van der Waals surface area contributed by atoms with E-state index in [-0.39, 0.29) is 0 Å². The average molecular weight is 258 g/mol. The summed E-state index contributed by atoms with van der Waals surface area (Å²) in [7, 11) is 0.